The van der Waals surface area contributed by atoms with E-state index in [2.05, 4.69) is 74.3 Å². The minimum Gasteiger partial charge on any atom is -0.373 e. The second-order valence-electron chi connectivity index (χ2n) is 6.61. The zero-order valence-corrected chi connectivity index (χ0v) is 19.2. The van der Waals surface area contributed by atoms with Gasteiger partial charge in [0, 0.05) is 52.0 Å². The molecule has 2 N–H and O–H groups in total. The van der Waals surface area contributed by atoms with E-state index >= 15 is 0 Å². The number of para-hydroxylation sites is 1. The third-order valence-electron chi connectivity index (χ3n) is 4.81. The molecular formula is C20H30IN5S. The van der Waals surface area contributed by atoms with Crippen LogP contribution in [-0.4, -0.2) is 52.3 Å². The summed E-state index contributed by atoms with van der Waals surface area (Å²) in [4.78, 5) is 9.11. The molecule has 27 heavy (non-hydrogen) atoms. The van der Waals surface area contributed by atoms with Gasteiger partial charge in [-0.25, -0.2) is 0 Å². The number of likely N-dealkylation sites (N-methyl/N-ethyl adjacent to an activating group) is 1. The average molecular weight is 499 g/mol. The van der Waals surface area contributed by atoms with Crippen molar-refractivity contribution in [3.8, 4) is 0 Å². The first-order valence-electron chi connectivity index (χ1n) is 9.28. The van der Waals surface area contributed by atoms with Crippen molar-refractivity contribution in [3.05, 3.63) is 47.8 Å². The van der Waals surface area contributed by atoms with Crippen LogP contribution in [0, 0.1) is 0 Å². The molecule has 0 saturated carbocycles. The Balaban J connectivity index is 0.00000261. The van der Waals surface area contributed by atoms with Crippen LogP contribution in [0.25, 0.3) is 0 Å². The van der Waals surface area contributed by atoms with Crippen LogP contribution in [0.5, 0.6) is 0 Å². The van der Waals surface area contributed by atoms with Gasteiger partial charge in [0.2, 0.25) is 0 Å². The Bertz CT molecular complexity index is 669. The highest BCUT2D eigenvalue weighted by molar-refractivity contribution is 14.0. The van der Waals surface area contributed by atoms with E-state index in [4.69, 9.17) is 0 Å². The Morgan fingerprint density at radius 2 is 1.93 bits per heavy atom. The molecule has 0 bridgehead atoms. The standard InChI is InChI=1S/C20H29N5S.HI/c1-21-20(22-12-15-24(2)18-7-4-3-5-8-18)23-17-10-13-25(14-11-17)19-9-6-16-26-19;/h3-9,16-17H,10-15H2,1-2H3,(H2,21,22,23);1H. The van der Waals surface area contributed by atoms with Crippen molar-refractivity contribution in [2.45, 2.75) is 18.9 Å². The minimum atomic E-state index is 0. The van der Waals surface area contributed by atoms with E-state index in [-0.39, 0.29) is 24.0 Å². The summed E-state index contributed by atoms with van der Waals surface area (Å²) in [5.41, 5.74) is 1.23. The summed E-state index contributed by atoms with van der Waals surface area (Å²) in [6, 6.07) is 15.3. The highest BCUT2D eigenvalue weighted by Crippen LogP contribution is 2.24. The number of hydrogen-bond acceptors (Lipinski definition) is 4. The summed E-state index contributed by atoms with van der Waals surface area (Å²) >= 11 is 1.83. The Labute approximate surface area is 183 Å². The molecule has 2 aromatic rings. The number of aliphatic imine (C=N–C) groups is 1. The van der Waals surface area contributed by atoms with Gasteiger partial charge in [-0.1, -0.05) is 18.2 Å². The molecule has 1 fully saturated rings. The van der Waals surface area contributed by atoms with Crippen molar-refractivity contribution < 1.29 is 0 Å². The quantitative estimate of drug-likeness (QED) is 0.362. The molecule has 1 aromatic heterocycles. The molecule has 5 nitrogen and oxygen atoms in total. The molecule has 1 aliphatic heterocycles. The highest BCUT2D eigenvalue weighted by Gasteiger charge is 2.20. The van der Waals surface area contributed by atoms with Crippen LogP contribution >= 0.6 is 35.3 Å². The summed E-state index contributed by atoms with van der Waals surface area (Å²) in [5, 5.41) is 10.6. The van der Waals surface area contributed by atoms with E-state index < -0.39 is 0 Å². The van der Waals surface area contributed by atoms with Gasteiger partial charge in [-0.3, -0.25) is 4.99 Å². The van der Waals surface area contributed by atoms with E-state index in [1.54, 1.807) is 0 Å². The van der Waals surface area contributed by atoms with Gasteiger partial charge in [0.15, 0.2) is 5.96 Å². The summed E-state index contributed by atoms with van der Waals surface area (Å²) < 4.78 is 0. The number of rotatable bonds is 6. The number of benzene rings is 1. The number of thiophene rings is 1. The molecule has 0 atom stereocenters. The lowest BCUT2D eigenvalue weighted by Gasteiger charge is -2.33. The Hall–Kier alpha value is -1.48. The van der Waals surface area contributed by atoms with Crippen LogP contribution in [0.2, 0.25) is 0 Å². The molecule has 0 radical (unpaired) electrons. The van der Waals surface area contributed by atoms with Gasteiger partial charge < -0.3 is 20.4 Å². The topological polar surface area (TPSA) is 42.9 Å². The normalized spacial score (nSPS) is 15.2. The fraction of sp³-hybridized carbons (Fsp3) is 0.450. The maximum atomic E-state index is 4.39. The largest absolute Gasteiger partial charge is 0.373 e. The van der Waals surface area contributed by atoms with Gasteiger partial charge in [-0.15, -0.1) is 35.3 Å². The number of hydrogen-bond donors (Lipinski definition) is 2. The zero-order chi connectivity index (χ0) is 18.2. The van der Waals surface area contributed by atoms with E-state index in [1.807, 2.05) is 24.5 Å². The number of piperidine rings is 1. The van der Waals surface area contributed by atoms with Crippen molar-refractivity contribution in [1.82, 2.24) is 10.6 Å². The molecule has 1 aliphatic rings. The van der Waals surface area contributed by atoms with E-state index in [9.17, 15) is 0 Å². The lowest BCUT2D eigenvalue weighted by Crippen LogP contribution is -2.49. The predicted molar refractivity (Wildman–Crippen MR) is 129 cm³/mol. The number of halogens is 1. The SMILES string of the molecule is CN=C(NCCN(C)c1ccccc1)NC1CCN(c2cccs2)CC1.I. The number of nitrogens with one attached hydrogen (secondary N) is 2. The number of anilines is 2. The first-order chi connectivity index (χ1) is 12.8. The second kappa shape index (κ2) is 11.4. The maximum Gasteiger partial charge on any atom is 0.191 e. The van der Waals surface area contributed by atoms with E-state index in [1.165, 1.54) is 10.7 Å². The van der Waals surface area contributed by atoms with Gasteiger partial charge in [0.25, 0.3) is 0 Å². The number of nitrogens with zero attached hydrogens (tertiary/aromatic N) is 3. The summed E-state index contributed by atoms with van der Waals surface area (Å²) in [6.07, 6.45) is 2.28. The lowest BCUT2D eigenvalue weighted by molar-refractivity contribution is 0.463. The van der Waals surface area contributed by atoms with Gasteiger partial charge in [-0.05, 0) is 42.5 Å². The summed E-state index contributed by atoms with van der Waals surface area (Å²) in [6.45, 7) is 4.00. The van der Waals surface area contributed by atoms with Crippen LogP contribution in [-0.2, 0) is 0 Å². The van der Waals surface area contributed by atoms with Gasteiger partial charge >= 0.3 is 0 Å². The highest BCUT2D eigenvalue weighted by atomic mass is 127. The maximum absolute atomic E-state index is 4.39. The van der Waals surface area contributed by atoms with Crippen LogP contribution in [0.15, 0.2) is 52.8 Å². The van der Waals surface area contributed by atoms with Crippen molar-refractivity contribution in [2.75, 3.05) is 50.1 Å². The molecule has 0 spiro atoms. The molecule has 0 aliphatic carbocycles. The first-order valence-corrected chi connectivity index (χ1v) is 10.2. The Morgan fingerprint density at radius 3 is 2.56 bits per heavy atom. The van der Waals surface area contributed by atoms with Crippen LogP contribution in [0.4, 0.5) is 10.7 Å². The van der Waals surface area contributed by atoms with Gasteiger partial charge in [0.05, 0.1) is 5.00 Å². The fourth-order valence-electron chi connectivity index (χ4n) is 3.24. The molecule has 3 rings (SSSR count). The third-order valence-corrected chi connectivity index (χ3v) is 5.74. The van der Waals surface area contributed by atoms with Crippen LogP contribution < -0.4 is 20.4 Å². The lowest BCUT2D eigenvalue weighted by atomic mass is 10.1. The molecule has 2 heterocycles. The molecule has 1 aromatic carbocycles. The average Bonchev–Trinajstić information content (AvgIpc) is 3.23. The summed E-state index contributed by atoms with van der Waals surface area (Å²) in [5.74, 6) is 0.904. The molecule has 0 unspecified atom stereocenters. The Morgan fingerprint density at radius 1 is 1.19 bits per heavy atom. The molecule has 7 heteroatoms. The van der Waals surface area contributed by atoms with Gasteiger partial charge in [0.1, 0.15) is 0 Å². The minimum absolute atomic E-state index is 0. The molecule has 1 saturated heterocycles. The first kappa shape index (κ1) is 21.8. The third kappa shape index (κ3) is 6.57. The van der Waals surface area contributed by atoms with Crippen molar-refractivity contribution >= 4 is 52.0 Å². The van der Waals surface area contributed by atoms with Crippen molar-refractivity contribution in [2.24, 2.45) is 4.99 Å². The predicted octanol–water partition coefficient (Wildman–Crippen LogP) is 3.64. The zero-order valence-electron chi connectivity index (χ0n) is 16.1. The van der Waals surface area contributed by atoms with Gasteiger partial charge in [-0.2, -0.15) is 0 Å². The van der Waals surface area contributed by atoms with Crippen LogP contribution in [0.3, 0.4) is 0 Å². The van der Waals surface area contributed by atoms with Crippen LogP contribution in [0.1, 0.15) is 12.8 Å². The van der Waals surface area contributed by atoms with Crippen molar-refractivity contribution in [3.63, 3.8) is 0 Å². The molecule has 0 amide bonds. The summed E-state index contributed by atoms with van der Waals surface area (Å²) in [7, 11) is 3.96. The Kier molecular flexibility index (Phi) is 9.20. The smallest absolute Gasteiger partial charge is 0.191 e. The van der Waals surface area contributed by atoms with E-state index in [0.29, 0.717) is 6.04 Å². The van der Waals surface area contributed by atoms with E-state index in [0.717, 1.165) is 45.0 Å². The number of guanidine groups is 1. The fourth-order valence-corrected chi connectivity index (χ4v) is 4.02. The monoisotopic (exact) mass is 499 g/mol. The molecule has 148 valence electrons. The second-order valence-corrected chi connectivity index (χ2v) is 7.54. The van der Waals surface area contributed by atoms with Crippen molar-refractivity contribution in [1.29, 1.82) is 0 Å². The molecular weight excluding hydrogens is 469 g/mol.